The maximum Gasteiger partial charge on any atom is 0.0512 e. The van der Waals surface area contributed by atoms with Crippen molar-refractivity contribution in [1.29, 1.82) is 0 Å². The van der Waals surface area contributed by atoms with Crippen molar-refractivity contribution in [1.82, 2.24) is 0 Å². The monoisotopic (exact) mass is 298 g/mol. The molecule has 17 heavy (non-hydrogen) atoms. The van der Waals surface area contributed by atoms with Crippen LogP contribution in [0.3, 0.4) is 0 Å². The second kappa shape index (κ2) is 5.40. The van der Waals surface area contributed by atoms with Gasteiger partial charge in [0, 0.05) is 23.1 Å². The number of benzene rings is 1. The Kier molecular flexibility index (Phi) is 4.62. The van der Waals surface area contributed by atoms with Crippen molar-refractivity contribution in [2.45, 2.75) is 45.7 Å². The first-order valence-corrected chi connectivity index (χ1v) is 6.87. The summed E-state index contributed by atoms with van der Waals surface area (Å²) in [6, 6.07) is 6.43. The van der Waals surface area contributed by atoms with Crippen LogP contribution in [0.2, 0.25) is 0 Å². The Bertz CT molecular complexity index is 386. The van der Waals surface area contributed by atoms with Crippen molar-refractivity contribution < 1.29 is 0 Å². The summed E-state index contributed by atoms with van der Waals surface area (Å²) in [5.41, 5.74) is 8.40. The van der Waals surface area contributed by atoms with Gasteiger partial charge in [-0.15, -0.1) is 0 Å². The van der Waals surface area contributed by atoms with E-state index in [1.807, 2.05) is 6.92 Å². The van der Waals surface area contributed by atoms with E-state index >= 15 is 0 Å². The lowest BCUT2D eigenvalue weighted by molar-refractivity contribution is 0.470. The van der Waals surface area contributed by atoms with Crippen molar-refractivity contribution in [3.05, 3.63) is 28.2 Å². The van der Waals surface area contributed by atoms with Crippen LogP contribution in [-0.2, 0) is 0 Å². The zero-order valence-electron chi connectivity index (χ0n) is 11.4. The number of halogens is 1. The Labute approximate surface area is 113 Å². The lowest BCUT2D eigenvalue weighted by atomic mass is 9.98. The highest BCUT2D eigenvalue weighted by Crippen LogP contribution is 2.33. The van der Waals surface area contributed by atoms with Gasteiger partial charge in [-0.3, -0.25) is 0 Å². The molecule has 3 heteroatoms. The van der Waals surface area contributed by atoms with E-state index in [0.717, 1.165) is 16.5 Å². The molecular weight excluding hydrogens is 276 g/mol. The van der Waals surface area contributed by atoms with Gasteiger partial charge in [-0.05, 0) is 60.8 Å². The molecule has 0 heterocycles. The minimum Gasteiger partial charge on any atom is -0.369 e. The highest BCUT2D eigenvalue weighted by molar-refractivity contribution is 9.10. The predicted octanol–water partition coefficient (Wildman–Crippen LogP) is 4.09. The second-order valence-corrected chi connectivity index (χ2v) is 6.08. The molecule has 0 unspecified atom stereocenters. The van der Waals surface area contributed by atoms with Crippen LogP contribution in [0.15, 0.2) is 22.7 Å². The zero-order chi connectivity index (χ0) is 13.2. The predicted molar refractivity (Wildman–Crippen MR) is 79.5 cm³/mol. The van der Waals surface area contributed by atoms with Crippen LogP contribution in [-0.4, -0.2) is 12.6 Å². The lowest BCUT2D eigenvalue weighted by Crippen LogP contribution is -2.40. The van der Waals surface area contributed by atoms with Gasteiger partial charge in [-0.25, -0.2) is 0 Å². The van der Waals surface area contributed by atoms with Gasteiger partial charge in [-0.1, -0.05) is 13.0 Å². The first-order chi connectivity index (χ1) is 7.79. The minimum absolute atomic E-state index is 0.0739. The third-order valence-electron chi connectivity index (χ3n) is 3.63. The molecule has 0 spiro atoms. The number of nitrogens with zero attached hydrogens (tertiary/aromatic N) is 1. The molecule has 0 saturated carbocycles. The van der Waals surface area contributed by atoms with Crippen molar-refractivity contribution in [3.63, 3.8) is 0 Å². The maximum absolute atomic E-state index is 5.89. The summed E-state index contributed by atoms with van der Waals surface area (Å²) in [6.07, 6.45) is 1.10. The van der Waals surface area contributed by atoms with Crippen LogP contribution >= 0.6 is 15.9 Å². The van der Waals surface area contributed by atoms with E-state index in [2.05, 4.69) is 66.8 Å². The summed E-state index contributed by atoms with van der Waals surface area (Å²) in [7, 11) is 2.13. The highest BCUT2D eigenvalue weighted by atomic mass is 79.9. The van der Waals surface area contributed by atoms with Crippen LogP contribution in [0.4, 0.5) is 5.69 Å². The zero-order valence-corrected chi connectivity index (χ0v) is 13.0. The molecule has 1 aromatic carbocycles. The minimum atomic E-state index is 0.0739. The average Bonchev–Trinajstić information content (AvgIpc) is 2.27. The first-order valence-electron chi connectivity index (χ1n) is 6.08. The number of nitrogens with two attached hydrogens (primary N) is 1. The Morgan fingerprint density at radius 1 is 1.41 bits per heavy atom. The second-order valence-electron chi connectivity index (χ2n) is 5.22. The first kappa shape index (κ1) is 14.5. The fourth-order valence-corrected chi connectivity index (χ4v) is 2.30. The van der Waals surface area contributed by atoms with E-state index in [-0.39, 0.29) is 11.6 Å². The molecule has 0 fully saturated rings. The Morgan fingerprint density at radius 3 is 2.41 bits per heavy atom. The molecule has 0 aliphatic carbocycles. The largest absolute Gasteiger partial charge is 0.369 e. The summed E-state index contributed by atoms with van der Waals surface area (Å²) >= 11 is 3.64. The average molecular weight is 299 g/mol. The lowest BCUT2D eigenvalue weighted by Gasteiger charge is -2.37. The molecule has 2 N–H and O–H groups in total. The highest BCUT2D eigenvalue weighted by Gasteiger charge is 2.23. The van der Waals surface area contributed by atoms with Crippen molar-refractivity contribution in [2.75, 3.05) is 11.9 Å². The van der Waals surface area contributed by atoms with E-state index in [4.69, 9.17) is 5.73 Å². The van der Waals surface area contributed by atoms with Gasteiger partial charge >= 0.3 is 0 Å². The molecule has 0 radical (unpaired) electrons. The molecule has 0 bridgehead atoms. The smallest absolute Gasteiger partial charge is 0.0512 e. The normalized spacial score (nSPS) is 13.6. The summed E-state index contributed by atoms with van der Waals surface area (Å²) in [4.78, 5) is 2.31. The van der Waals surface area contributed by atoms with Crippen LogP contribution in [0.25, 0.3) is 0 Å². The number of hydrogen-bond donors (Lipinski definition) is 1. The fraction of sp³-hybridized carbons (Fsp3) is 0.571. The molecule has 0 aliphatic heterocycles. The van der Waals surface area contributed by atoms with E-state index in [1.54, 1.807) is 0 Å². The molecule has 2 nitrogen and oxygen atoms in total. The molecule has 0 amide bonds. The van der Waals surface area contributed by atoms with Crippen LogP contribution in [0.1, 0.15) is 45.7 Å². The fourth-order valence-electron chi connectivity index (χ4n) is 1.64. The van der Waals surface area contributed by atoms with Crippen molar-refractivity contribution >= 4 is 21.6 Å². The summed E-state index contributed by atoms with van der Waals surface area (Å²) < 4.78 is 1.11. The molecule has 1 rings (SSSR count). The van der Waals surface area contributed by atoms with Gasteiger partial charge < -0.3 is 10.6 Å². The number of hydrogen-bond acceptors (Lipinski definition) is 2. The third kappa shape index (κ3) is 3.23. The Morgan fingerprint density at radius 2 is 2.00 bits per heavy atom. The number of anilines is 1. The summed E-state index contributed by atoms with van der Waals surface area (Å²) in [5.74, 6) is 0. The van der Waals surface area contributed by atoms with Gasteiger partial charge in [0.05, 0.1) is 5.69 Å². The van der Waals surface area contributed by atoms with Gasteiger partial charge in [0.1, 0.15) is 0 Å². The van der Waals surface area contributed by atoms with Crippen molar-refractivity contribution in [2.24, 2.45) is 5.73 Å². The SMILES string of the molecule is CCC(C)(C)N(C)c1ccc([C@H](C)N)cc1Br. The van der Waals surface area contributed by atoms with Gasteiger partial charge in [0.25, 0.3) is 0 Å². The quantitative estimate of drug-likeness (QED) is 0.907. The van der Waals surface area contributed by atoms with E-state index in [0.29, 0.717) is 0 Å². The maximum atomic E-state index is 5.89. The molecule has 96 valence electrons. The molecular formula is C14H23BrN2. The van der Waals surface area contributed by atoms with Gasteiger partial charge in [0.2, 0.25) is 0 Å². The van der Waals surface area contributed by atoms with Crippen LogP contribution < -0.4 is 10.6 Å². The van der Waals surface area contributed by atoms with E-state index in [1.165, 1.54) is 5.69 Å². The van der Waals surface area contributed by atoms with E-state index in [9.17, 15) is 0 Å². The molecule has 0 aromatic heterocycles. The van der Waals surface area contributed by atoms with Crippen LogP contribution in [0, 0.1) is 0 Å². The van der Waals surface area contributed by atoms with Crippen molar-refractivity contribution in [3.8, 4) is 0 Å². The molecule has 1 atom stereocenters. The van der Waals surface area contributed by atoms with Gasteiger partial charge in [0.15, 0.2) is 0 Å². The number of rotatable bonds is 4. The molecule has 0 saturated heterocycles. The third-order valence-corrected chi connectivity index (χ3v) is 4.27. The Hall–Kier alpha value is -0.540. The van der Waals surface area contributed by atoms with Gasteiger partial charge in [-0.2, -0.15) is 0 Å². The Balaban J connectivity index is 3.08. The topological polar surface area (TPSA) is 29.3 Å². The van der Waals surface area contributed by atoms with Crippen LogP contribution in [0.5, 0.6) is 0 Å². The summed E-state index contributed by atoms with van der Waals surface area (Å²) in [6.45, 7) is 8.71. The molecule has 1 aromatic rings. The molecule has 0 aliphatic rings. The van der Waals surface area contributed by atoms with E-state index < -0.39 is 0 Å². The standard InChI is InChI=1S/C14H23BrN2/c1-6-14(3,4)17(5)13-8-7-11(10(2)16)9-12(13)15/h7-10H,6,16H2,1-5H3/t10-/m0/s1. The summed E-state index contributed by atoms with van der Waals surface area (Å²) in [5, 5.41) is 0.